The predicted molar refractivity (Wildman–Crippen MR) is 75.4 cm³/mol. The Bertz CT molecular complexity index is 539. The molecule has 0 fully saturated rings. The largest absolute Gasteiger partial charge is 0.486 e. The Morgan fingerprint density at radius 1 is 1.33 bits per heavy atom. The molecule has 0 spiro atoms. The second-order valence-electron chi connectivity index (χ2n) is 4.55. The number of benzene rings is 1. The van der Waals surface area contributed by atoms with Crippen molar-refractivity contribution in [2.45, 2.75) is 6.42 Å². The SMILES string of the molecule is COCCN(CCC#N)C(=O)c1ccc2c(c1)OCCO2. The van der Waals surface area contributed by atoms with E-state index in [2.05, 4.69) is 6.07 Å². The maximum Gasteiger partial charge on any atom is 0.254 e. The number of hydrogen-bond donors (Lipinski definition) is 0. The van der Waals surface area contributed by atoms with Gasteiger partial charge in [-0.15, -0.1) is 0 Å². The molecule has 1 amide bonds. The maximum atomic E-state index is 12.5. The summed E-state index contributed by atoms with van der Waals surface area (Å²) in [6.07, 6.45) is 0.292. The number of amides is 1. The molecule has 1 aliphatic rings. The van der Waals surface area contributed by atoms with Crippen LogP contribution >= 0.6 is 0 Å². The van der Waals surface area contributed by atoms with Gasteiger partial charge >= 0.3 is 0 Å². The molecule has 0 aromatic heterocycles. The summed E-state index contributed by atoms with van der Waals surface area (Å²) >= 11 is 0. The molecule has 0 unspecified atom stereocenters. The summed E-state index contributed by atoms with van der Waals surface area (Å²) in [4.78, 5) is 14.1. The van der Waals surface area contributed by atoms with Crippen molar-refractivity contribution >= 4 is 5.91 Å². The summed E-state index contributed by atoms with van der Waals surface area (Å²) < 4.78 is 15.9. The second kappa shape index (κ2) is 7.50. The fourth-order valence-corrected chi connectivity index (χ4v) is 2.06. The Kier molecular flexibility index (Phi) is 5.41. The van der Waals surface area contributed by atoms with Crippen LogP contribution in [0.2, 0.25) is 0 Å². The van der Waals surface area contributed by atoms with Gasteiger partial charge in [0.1, 0.15) is 13.2 Å². The van der Waals surface area contributed by atoms with Crippen molar-refractivity contribution < 1.29 is 19.0 Å². The minimum absolute atomic E-state index is 0.140. The molecule has 0 atom stereocenters. The van der Waals surface area contributed by atoms with Crippen LogP contribution in [0.4, 0.5) is 0 Å². The molecular formula is C15H18N2O4. The van der Waals surface area contributed by atoms with Crippen LogP contribution in [-0.2, 0) is 4.74 Å². The Balaban J connectivity index is 2.13. The minimum Gasteiger partial charge on any atom is -0.486 e. The summed E-state index contributed by atoms with van der Waals surface area (Å²) in [6.45, 7) is 2.26. The van der Waals surface area contributed by atoms with Crippen LogP contribution in [-0.4, -0.2) is 50.8 Å². The lowest BCUT2D eigenvalue weighted by molar-refractivity contribution is 0.0699. The third-order valence-corrected chi connectivity index (χ3v) is 3.14. The number of hydrogen-bond acceptors (Lipinski definition) is 5. The number of nitrogens with zero attached hydrogens (tertiary/aromatic N) is 2. The van der Waals surface area contributed by atoms with Crippen LogP contribution in [0.3, 0.4) is 0 Å². The fourth-order valence-electron chi connectivity index (χ4n) is 2.06. The van der Waals surface area contributed by atoms with Gasteiger partial charge in [-0.05, 0) is 18.2 Å². The topological polar surface area (TPSA) is 71.8 Å². The van der Waals surface area contributed by atoms with Crippen LogP contribution in [0.25, 0.3) is 0 Å². The summed E-state index contributed by atoms with van der Waals surface area (Å²) in [7, 11) is 1.58. The summed E-state index contributed by atoms with van der Waals surface area (Å²) in [5.41, 5.74) is 0.522. The Morgan fingerprint density at radius 2 is 2.10 bits per heavy atom. The zero-order chi connectivity index (χ0) is 15.1. The van der Waals surface area contributed by atoms with Crippen molar-refractivity contribution in [2.75, 3.05) is 40.0 Å². The molecule has 6 nitrogen and oxygen atoms in total. The van der Waals surface area contributed by atoms with E-state index < -0.39 is 0 Å². The highest BCUT2D eigenvalue weighted by Crippen LogP contribution is 2.31. The lowest BCUT2D eigenvalue weighted by Gasteiger charge is -2.23. The fraction of sp³-hybridized carbons (Fsp3) is 0.467. The summed E-state index contributed by atoms with van der Waals surface area (Å²) in [5.74, 6) is 1.09. The van der Waals surface area contributed by atoms with Crippen LogP contribution in [0, 0.1) is 11.3 Å². The molecule has 0 saturated carbocycles. The molecular weight excluding hydrogens is 272 g/mol. The van der Waals surface area contributed by atoms with Gasteiger partial charge in [0.25, 0.3) is 5.91 Å². The van der Waals surface area contributed by atoms with E-state index in [-0.39, 0.29) is 5.91 Å². The van der Waals surface area contributed by atoms with Gasteiger partial charge in [0, 0.05) is 25.8 Å². The van der Waals surface area contributed by atoms with Gasteiger partial charge in [-0.2, -0.15) is 5.26 Å². The molecule has 1 heterocycles. The van der Waals surface area contributed by atoms with Crippen molar-refractivity contribution in [3.8, 4) is 17.6 Å². The van der Waals surface area contributed by atoms with Crippen molar-refractivity contribution in [3.63, 3.8) is 0 Å². The lowest BCUT2D eigenvalue weighted by atomic mass is 10.1. The van der Waals surface area contributed by atoms with E-state index in [4.69, 9.17) is 19.5 Å². The van der Waals surface area contributed by atoms with E-state index in [1.807, 2.05) is 0 Å². The molecule has 1 aromatic carbocycles. The monoisotopic (exact) mass is 290 g/mol. The lowest BCUT2D eigenvalue weighted by Crippen LogP contribution is -2.34. The average molecular weight is 290 g/mol. The third-order valence-electron chi connectivity index (χ3n) is 3.14. The molecule has 6 heteroatoms. The number of rotatable bonds is 6. The Morgan fingerprint density at radius 3 is 2.81 bits per heavy atom. The molecule has 0 saturated heterocycles. The molecule has 1 aromatic rings. The summed E-state index contributed by atoms with van der Waals surface area (Å²) in [6, 6.07) is 7.18. The van der Waals surface area contributed by atoms with Gasteiger partial charge in [-0.25, -0.2) is 0 Å². The predicted octanol–water partition coefficient (Wildman–Crippen LogP) is 1.46. The minimum atomic E-state index is -0.140. The first-order valence-corrected chi connectivity index (χ1v) is 6.81. The number of fused-ring (bicyclic) bond motifs is 1. The third kappa shape index (κ3) is 3.86. The number of carbonyl (C=O) groups is 1. The van der Waals surface area contributed by atoms with E-state index in [0.717, 1.165) is 0 Å². The first-order valence-electron chi connectivity index (χ1n) is 6.81. The second-order valence-corrected chi connectivity index (χ2v) is 4.55. The smallest absolute Gasteiger partial charge is 0.254 e. The quantitative estimate of drug-likeness (QED) is 0.793. The van der Waals surface area contributed by atoms with Gasteiger partial charge in [-0.3, -0.25) is 4.79 Å². The standard InChI is InChI=1S/C15H18N2O4/c1-19-8-7-17(6-2-5-16)15(18)12-3-4-13-14(11-12)21-10-9-20-13/h3-4,11H,2,6-10H2,1H3. The highest BCUT2D eigenvalue weighted by molar-refractivity contribution is 5.95. The molecule has 0 N–H and O–H groups in total. The van der Waals surface area contributed by atoms with Crippen molar-refractivity contribution in [3.05, 3.63) is 23.8 Å². The molecule has 0 aliphatic carbocycles. The first-order chi connectivity index (χ1) is 10.3. The van der Waals surface area contributed by atoms with Crippen molar-refractivity contribution in [1.29, 1.82) is 5.26 Å². The maximum absolute atomic E-state index is 12.5. The Labute approximate surface area is 123 Å². The van der Waals surface area contributed by atoms with Crippen LogP contribution in [0.15, 0.2) is 18.2 Å². The van der Waals surface area contributed by atoms with Crippen molar-refractivity contribution in [1.82, 2.24) is 4.90 Å². The molecule has 0 bridgehead atoms. The highest BCUT2D eigenvalue weighted by atomic mass is 16.6. The normalized spacial score (nSPS) is 12.6. The van der Waals surface area contributed by atoms with Gasteiger partial charge in [-0.1, -0.05) is 0 Å². The Hall–Kier alpha value is -2.26. The van der Waals surface area contributed by atoms with Crippen LogP contribution in [0.1, 0.15) is 16.8 Å². The number of methoxy groups -OCH3 is 1. The first kappa shape index (κ1) is 15.1. The van der Waals surface area contributed by atoms with E-state index in [9.17, 15) is 4.79 Å². The van der Waals surface area contributed by atoms with Crippen LogP contribution in [0.5, 0.6) is 11.5 Å². The number of carbonyl (C=O) groups excluding carboxylic acids is 1. The van der Waals surface area contributed by atoms with Crippen LogP contribution < -0.4 is 9.47 Å². The van der Waals surface area contributed by atoms with E-state index in [1.54, 1.807) is 30.2 Å². The van der Waals surface area contributed by atoms with Crippen molar-refractivity contribution in [2.24, 2.45) is 0 Å². The molecule has 112 valence electrons. The average Bonchev–Trinajstić information content (AvgIpc) is 2.54. The zero-order valence-electron chi connectivity index (χ0n) is 12.0. The number of ether oxygens (including phenoxy) is 3. The van der Waals surface area contributed by atoms with Gasteiger partial charge in [0.2, 0.25) is 0 Å². The van der Waals surface area contributed by atoms with Gasteiger partial charge in [0.05, 0.1) is 19.1 Å². The molecule has 21 heavy (non-hydrogen) atoms. The molecule has 1 aliphatic heterocycles. The van der Waals surface area contributed by atoms with E-state index >= 15 is 0 Å². The zero-order valence-corrected chi connectivity index (χ0v) is 12.0. The highest BCUT2D eigenvalue weighted by Gasteiger charge is 2.19. The summed E-state index contributed by atoms with van der Waals surface area (Å²) in [5, 5.41) is 8.70. The van der Waals surface area contributed by atoms with Gasteiger partial charge in [0.15, 0.2) is 11.5 Å². The van der Waals surface area contributed by atoms with Gasteiger partial charge < -0.3 is 19.1 Å². The van der Waals surface area contributed by atoms with E-state index in [0.29, 0.717) is 56.4 Å². The molecule has 0 radical (unpaired) electrons. The molecule has 2 rings (SSSR count). The number of nitriles is 1. The van der Waals surface area contributed by atoms with E-state index in [1.165, 1.54) is 0 Å².